The van der Waals surface area contributed by atoms with Crippen molar-refractivity contribution in [2.24, 2.45) is 5.92 Å². The Bertz CT molecular complexity index is 387. The summed E-state index contributed by atoms with van der Waals surface area (Å²) in [6, 6.07) is 0. The van der Waals surface area contributed by atoms with Gasteiger partial charge < -0.3 is 14.2 Å². The van der Waals surface area contributed by atoms with Crippen molar-refractivity contribution in [3.63, 3.8) is 0 Å². The van der Waals surface area contributed by atoms with Gasteiger partial charge in [0, 0.05) is 12.0 Å². The van der Waals surface area contributed by atoms with Gasteiger partial charge in [0.15, 0.2) is 6.61 Å². The van der Waals surface area contributed by atoms with E-state index in [-0.39, 0.29) is 17.5 Å². The van der Waals surface area contributed by atoms with Gasteiger partial charge in [0.05, 0.1) is 5.92 Å². The smallest absolute Gasteiger partial charge is 0.347 e. The second-order valence-corrected chi connectivity index (χ2v) is 4.43. The number of hydrogen-bond donors (Lipinski definition) is 0. The third kappa shape index (κ3) is 4.73. The Labute approximate surface area is 111 Å². The van der Waals surface area contributed by atoms with Gasteiger partial charge in [0.1, 0.15) is 0 Å². The lowest BCUT2D eigenvalue weighted by atomic mass is 10.0. The Morgan fingerprint density at radius 3 is 2.74 bits per heavy atom. The fourth-order valence-electron chi connectivity index (χ4n) is 1.69. The predicted molar refractivity (Wildman–Crippen MR) is 64.8 cm³/mol. The average Bonchev–Trinajstić information content (AvgIpc) is 2.67. The van der Waals surface area contributed by atoms with Crippen molar-refractivity contribution in [2.75, 3.05) is 6.61 Å². The van der Waals surface area contributed by atoms with Gasteiger partial charge in [-0.15, -0.1) is 0 Å². The lowest BCUT2D eigenvalue weighted by Gasteiger charge is -2.10. The van der Waals surface area contributed by atoms with Gasteiger partial charge in [-0.1, -0.05) is 19.9 Å². The summed E-state index contributed by atoms with van der Waals surface area (Å²) in [5.41, 5.74) is 0.197. The molecule has 1 aliphatic rings. The minimum Gasteiger partial charge on any atom is -0.450 e. The summed E-state index contributed by atoms with van der Waals surface area (Å²) in [6.07, 6.45) is 1.04. The van der Waals surface area contributed by atoms with Gasteiger partial charge >= 0.3 is 17.9 Å². The van der Waals surface area contributed by atoms with Crippen LogP contribution in [0.5, 0.6) is 0 Å². The first-order valence-corrected chi connectivity index (χ1v) is 6.16. The zero-order valence-electron chi connectivity index (χ0n) is 11.1. The second-order valence-electron chi connectivity index (χ2n) is 4.43. The molecule has 2 atom stereocenters. The molecule has 1 fully saturated rings. The molecule has 0 aromatic rings. The quantitative estimate of drug-likeness (QED) is 0.535. The average molecular weight is 270 g/mol. The van der Waals surface area contributed by atoms with Crippen LogP contribution in [-0.4, -0.2) is 30.8 Å². The lowest BCUT2D eigenvalue weighted by molar-refractivity contribution is -0.182. The van der Waals surface area contributed by atoms with Crippen LogP contribution in [0.1, 0.15) is 33.1 Å². The van der Waals surface area contributed by atoms with Crippen molar-refractivity contribution in [3.05, 3.63) is 12.2 Å². The molecule has 1 aliphatic heterocycles. The molecule has 0 amide bonds. The highest BCUT2D eigenvalue weighted by atomic mass is 16.7. The van der Waals surface area contributed by atoms with Crippen LogP contribution < -0.4 is 0 Å². The number of cyclic esters (lactones) is 1. The van der Waals surface area contributed by atoms with Crippen molar-refractivity contribution in [3.8, 4) is 0 Å². The minimum atomic E-state index is -0.875. The Hall–Kier alpha value is -1.85. The first-order chi connectivity index (χ1) is 8.93. The van der Waals surface area contributed by atoms with Crippen LogP contribution in [0.25, 0.3) is 0 Å². The molecule has 6 heteroatoms. The number of rotatable bonds is 6. The molecule has 0 bridgehead atoms. The monoisotopic (exact) mass is 270 g/mol. The molecule has 0 radical (unpaired) electrons. The summed E-state index contributed by atoms with van der Waals surface area (Å²) in [7, 11) is 0. The van der Waals surface area contributed by atoms with Crippen LogP contribution in [0.3, 0.4) is 0 Å². The Kier molecular flexibility index (Phi) is 5.54. The van der Waals surface area contributed by atoms with Crippen LogP contribution in [0.2, 0.25) is 0 Å². The van der Waals surface area contributed by atoms with Crippen molar-refractivity contribution in [1.29, 1.82) is 0 Å². The summed E-state index contributed by atoms with van der Waals surface area (Å²) < 4.78 is 14.4. The van der Waals surface area contributed by atoms with Crippen molar-refractivity contribution in [2.45, 2.75) is 39.4 Å². The molecule has 6 nitrogen and oxygen atoms in total. The van der Waals surface area contributed by atoms with Crippen LogP contribution in [-0.2, 0) is 28.6 Å². The fourth-order valence-corrected chi connectivity index (χ4v) is 1.69. The molecular formula is C13H18O6. The standard InChI is InChI=1S/C13H18O6/c1-4-5-9-6-11(19-13(9)16)18-10(14)7-17-12(15)8(2)3/h9,11H,2,4-7H2,1,3H3. The van der Waals surface area contributed by atoms with E-state index in [2.05, 4.69) is 11.3 Å². The maximum atomic E-state index is 11.4. The van der Waals surface area contributed by atoms with E-state index in [9.17, 15) is 14.4 Å². The van der Waals surface area contributed by atoms with Crippen LogP contribution in [0, 0.1) is 5.92 Å². The van der Waals surface area contributed by atoms with E-state index in [1.165, 1.54) is 6.92 Å². The number of hydrogen-bond acceptors (Lipinski definition) is 6. The third-order valence-electron chi connectivity index (χ3n) is 2.63. The van der Waals surface area contributed by atoms with Gasteiger partial charge in [-0.3, -0.25) is 4.79 Å². The summed E-state index contributed by atoms with van der Waals surface area (Å²) in [5, 5.41) is 0. The van der Waals surface area contributed by atoms with Crippen LogP contribution in [0.4, 0.5) is 0 Å². The van der Waals surface area contributed by atoms with E-state index in [1.54, 1.807) is 0 Å². The molecule has 0 aliphatic carbocycles. The number of carbonyl (C=O) groups is 3. The first kappa shape index (κ1) is 15.2. The zero-order valence-corrected chi connectivity index (χ0v) is 11.1. The Morgan fingerprint density at radius 1 is 1.47 bits per heavy atom. The molecular weight excluding hydrogens is 252 g/mol. The van der Waals surface area contributed by atoms with E-state index in [1.807, 2.05) is 6.92 Å². The van der Waals surface area contributed by atoms with E-state index in [0.717, 1.165) is 6.42 Å². The molecule has 0 saturated carbocycles. The maximum Gasteiger partial charge on any atom is 0.347 e. The van der Waals surface area contributed by atoms with Gasteiger partial charge in [-0.25, -0.2) is 9.59 Å². The summed E-state index contributed by atoms with van der Waals surface area (Å²) in [4.78, 5) is 33.8. The molecule has 106 valence electrons. The van der Waals surface area contributed by atoms with Gasteiger partial charge in [0.2, 0.25) is 6.29 Å². The third-order valence-corrected chi connectivity index (χ3v) is 2.63. The second kappa shape index (κ2) is 6.92. The van der Waals surface area contributed by atoms with E-state index in [4.69, 9.17) is 9.47 Å². The highest BCUT2D eigenvalue weighted by Crippen LogP contribution is 2.25. The Balaban J connectivity index is 2.32. The number of carbonyl (C=O) groups excluding carboxylic acids is 3. The van der Waals surface area contributed by atoms with Crippen molar-refractivity contribution < 1.29 is 28.6 Å². The highest BCUT2D eigenvalue weighted by molar-refractivity contribution is 5.88. The highest BCUT2D eigenvalue weighted by Gasteiger charge is 2.36. The molecule has 0 N–H and O–H groups in total. The molecule has 19 heavy (non-hydrogen) atoms. The molecule has 2 unspecified atom stereocenters. The van der Waals surface area contributed by atoms with Crippen molar-refractivity contribution >= 4 is 17.9 Å². The normalized spacial score (nSPS) is 21.7. The SMILES string of the molecule is C=C(C)C(=O)OCC(=O)OC1CC(CCC)C(=O)O1. The zero-order chi connectivity index (χ0) is 14.4. The summed E-state index contributed by atoms with van der Waals surface area (Å²) in [6.45, 7) is 6.30. The maximum absolute atomic E-state index is 11.4. The number of esters is 3. The molecule has 1 rings (SSSR count). The minimum absolute atomic E-state index is 0.197. The molecule has 0 aromatic heterocycles. The van der Waals surface area contributed by atoms with Crippen molar-refractivity contribution in [1.82, 2.24) is 0 Å². The van der Waals surface area contributed by atoms with Crippen LogP contribution in [0.15, 0.2) is 12.2 Å². The molecule has 1 heterocycles. The summed E-state index contributed by atoms with van der Waals surface area (Å²) in [5.74, 6) is -1.98. The lowest BCUT2D eigenvalue weighted by Crippen LogP contribution is -2.22. The molecule has 0 aromatic carbocycles. The van der Waals surface area contributed by atoms with Gasteiger partial charge in [-0.2, -0.15) is 0 Å². The first-order valence-electron chi connectivity index (χ1n) is 6.16. The largest absolute Gasteiger partial charge is 0.450 e. The van der Waals surface area contributed by atoms with Gasteiger partial charge in [0.25, 0.3) is 0 Å². The van der Waals surface area contributed by atoms with E-state index in [0.29, 0.717) is 12.8 Å². The fraction of sp³-hybridized carbons (Fsp3) is 0.615. The topological polar surface area (TPSA) is 78.9 Å². The van der Waals surface area contributed by atoms with Crippen LogP contribution >= 0.6 is 0 Å². The molecule has 0 spiro atoms. The summed E-state index contributed by atoms with van der Waals surface area (Å²) >= 11 is 0. The van der Waals surface area contributed by atoms with E-state index < -0.39 is 24.8 Å². The number of ether oxygens (including phenoxy) is 3. The molecule has 1 saturated heterocycles. The Morgan fingerprint density at radius 2 is 2.16 bits per heavy atom. The van der Waals surface area contributed by atoms with E-state index >= 15 is 0 Å². The predicted octanol–water partition coefficient (Wildman–Crippen LogP) is 1.34. The van der Waals surface area contributed by atoms with Gasteiger partial charge in [-0.05, 0) is 13.3 Å².